The van der Waals surface area contributed by atoms with Crippen molar-refractivity contribution in [1.29, 1.82) is 0 Å². The summed E-state index contributed by atoms with van der Waals surface area (Å²) in [6, 6.07) is 0. The van der Waals surface area contributed by atoms with Crippen molar-refractivity contribution < 1.29 is 9.59 Å². The minimum atomic E-state index is 0.0984. The fraction of sp³-hybridized carbons (Fsp3) is 0.750. The summed E-state index contributed by atoms with van der Waals surface area (Å²) in [5.41, 5.74) is 0. The third kappa shape index (κ3) is 2.81. The lowest BCUT2D eigenvalue weighted by atomic mass is 10.3. The largest absolute Gasteiger partial charge is 0.330 e. The highest BCUT2D eigenvalue weighted by atomic mass is 32.2. The molecule has 1 saturated heterocycles. The molecule has 1 aliphatic rings. The molecule has 0 aromatic heterocycles. The SMILES string of the molecule is CSC(=O)N1CCN(C(=O)SC)CC1. The number of carbonyl (C=O) groups excluding carboxylic acids is 2. The van der Waals surface area contributed by atoms with E-state index in [4.69, 9.17) is 0 Å². The van der Waals surface area contributed by atoms with Crippen LogP contribution in [0, 0.1) is 0 Å². The van der Waals surface area contributed by atoms with Gasteiger partial charge in [0, 0.05) is 26.2 Å². The quantitative estimate of drug-likeness (QED) is 0.638. The second kappa shape index (κ2) is 5.50. The van der Waals surface area contributed by atoms with Crippen LogP contribution in [0.3, 0.4) is 0 Å². The Hall–Kier alpha value is -0.360. The van der Waals surface area contributed by atoms with E-state index in [0.29, 0.717) is 26.2 Å². The average Bonchev–Trinajstić information content (AvgIpc) is 2.27. The number of amides is 2. The van der Waals surface area contributed by atoms with E-state index in [1.54, 1.807) is 22.3 Å². The van der Waals surface area contributed by atoms with Crippen molar-refractivity contribution in [3.05, 3.63) is 0 Å². The van der Waals surface area contributed by atoms with Gasteiger partial charge in [-0.05, 0) is 12.5 Å². The van der Waals surface area contributed by atoms with Gasteiger partial charge in [0.25, 0.3) is 10.5 Å². The van der Waals surface area contributed by atoms with Gasteiger partial charge >= 0.3 is 0 Å². The van der Waals surface area contributed by atoms with Gasteiger partial charge in [-0.3, -0.25) is 9.59 Å². The van der Waals surface area contributed by atoms with Gasteiger partial charge in [0.05, 0.1) is 0 Å². The molecule has 0 radical (unpaired) electrons. The number of carbonyl (C=O) groups is 2. The molecule has 0 atom stereocenters. The van der Waals surface area contributed by atoms with Crippen molar-refractivity contribution in [3.63, 3.8) is 0 Å². The third-order valence-electron chi connectivity index (χ3n) is 2.15. The molecule has 80 valence electrons. The van der Waals surface area contributed by atoms with Gasteiger partial charge in [-0.25, -0.2) is 0 Å². The van der Waals surface area contributed by atoms with Gasteiger partial charge < -0.3 is 9.80 Å². The molecular formula is C8H14N2O2S2. The fourth-order valence-electron chi connectivity index (χ4n) is 1.33. The zero-order chi connectivity index (χ0) is 10.6. The minimum Gasteiger partial charge on any atom is -0.330 e. The smallest absolute Gasteiger partial charge is 0.281 e. The number of rotatable bonds is 0. The molecule has 6 heteroatoms. The Morgan fingerprint density at radius 2 is 1.14 bits per heavy atom. The van der Waals surface area contributed by atoms with E-state index in [9.17, 15) is 9.59 Å². The summed E-state index contributed by atoms with van der Waals surface area (Å²) in [7, 11) is 0. The van der Waals surface area contributed by atoms with Crippen LogP contribution in [0.4, 0.5) is 9.59 Å². The molecule has 2 amide bonds. The zero-order valence-electron chi connectivity index (χ0n) is 8.36. The summed E-state index contributed by atoms with van der Waals surface area (Å²) >= 11 is 2.45. The number of hydrogen-bond acceptors (Lipinski definition) is 4. The van der Waals surface area contributed by atoms with Gasteiger partial charge in [-0.15, -0.1) is 0 Å². The lowest BCUT2D eigenvalue weighted by Gasteiger charge is -2.33. The monoisotopic (exact) mass is 234 g/mol. The lowest BCUT2D eigenvalue weighted by molar-refractivity contribution is 0.168. The van der Waals surface area contributed by atoms with Gasteiger partial charge in [0.15, 0.2) is 0 Å². The molecule has 1 aliphatic heterocycles. The van der Waals surface area contributed by atoms with Crippen molar-refractivity contribution in [2.45, 2.75) is 0 Å². The van der Waals surface area contributed by atoms with Crippen molar-refractivity contribution in [3.8, 4) is 0 Å². The van der Waals surface area contributed by atoms with E-state index < -0.39 is 0 Å². The predicted octanol–water partition coefficient (Wildman–Crippen LogP) is 1.57. The van der Waals surface area contributed by atoms with Crippen molar-refractivity contribution >= 4 is 34.0 Å². The fourth-order valence-corrected chi connectivity index (χ4v) is 2.21. The second-order valence-electron chi connectivity index (χ2n) is 2.91. The first-order valence-electron chi connectivity index (χ1n) is 4.35. The molecule has 1 rings (SSSR count). The molecule has 0 bridgehead atoms. The van der Waals surface area contributed by atoms with Crippen LogP contribution in [0.2, 0.25) is 0 Å². The molecule has 1 heterocycles. The highest BCUT2D eigenvalue weighted by Gasteiger charge is 2.22. The molecule has 0 spiro atoms. The molecule has 1 fully saturated rings. The number of nitrogens with zero attached hydrogens (tertiary/aromatic N) is 2. The second-order valence-corrected chi connectivity index (χ2v) is 4.43. The van der Waals surface area contributed by atoms with Crippen LogP contribution in [0.25, 0.3) is 0 Å². The van der Waals surface area contributed by atoms with Crippen molar-refractivity contribution in [2.24, 2.45) is 0 Å². The van der Waals surface area contributed by atoms with Gasteiger partial charge in [-0.1, -0.05) is 23.5 Å². The van der Waals surface area contributed by atoms with Crippen LogP contribution in [0.1, 0.15) is 0 Å². The molecule has 14 heavy (non-hydrogen) atoms. The molecule has 0 aliphatic carbocycles. The zero-order valence-corrected chi connectivity index (χ0v) is 9.99. The summed E-state index contributed by atoms with van der Waals surface area (Å²) in [5.74, 6) is 0. The minimum absolute atomic E-state index is 0.0984. The van der Waals surface area contributed by atoms with Crippen LogP contribution in [-0.2, 0) is 0 Å². The Labute approximate surface area is 92.4 Å². The Morgan fingerprint density at radius 1 is 0.857 bits per heavy atom. The molecular weight excluding hydrogens is 220 g/mol. The summed E-state index contributed by atoms with van der Waals surface area (Å²) in [5, 5.41) is 0.197. The summed E-state index contributed by atoms with van der Waals surface area (Å²) in [6.45, 7) is 2.63. The van der Waals surface area contributed by atoms with E-state index in [1.165, 1.54) is 23.5 Å². The van der Waals surface area contributed by atoms with Gasteiger partial charge in [0.2, 0.25) is 0 Å². The average molecular weight is 234 g/mol. The predicted molar refractivity (Wildman–Crippen MR) is 61.0 cm³/mol. The van der Waals surface area contributed by atoms with Gasteiger partial charge in [-0.2, -0.15) is 0 Å². The topological polar surface area (TPSA) is 40.6 Å². The maximum Gasteiger partial charge on any atom is 0.281 e. The Kier molecular flexibility index (Phi) is 4.60. The lowest BCUT2D eigenvalue weighted by Crippen LogP contribution is -2.48. The summed E-state index contributed by atoms with van der Waals surface area (Å²) in [4.78, 5) is 26.2. The van der Waals surface area contributed by atoms with E-state index >= 15 is 0 Å². The van der Waals surface area contributed by atoms with Crippen LogP contribution in [-0.4, -0.2) is 59.0 Å². The molecule has 0 N–H and O–H groups in total. The normalized spacial score (nSPS) is 17.0. The first kappa shape index (κ1) is 11.7. The first-order chi connectivity index (χ1) is 6.69. The van der Waals surface area contributed by atoms with E-state index in [-0.39, 0.29) is 10.5 Å². The molecule has 0 aromatic rings. The molecule has 0 unspecified atom stereocenters. The van der Waals surface area contributed by atoms with Crippen molar-refractivity contribution in [2.75, 3.05) is 38.7 Å². The highest BCUT2D eigenvalue weighted by Crippen LogP contribution is 2.12. The van der Waals surface area contributed by atoms with Crippen LogP contribution in [0.15, 0.2) is 0 Å². The summed E-state index contributed by atoms with van der Waals surface area (Å²) < 4.78 is 0. The summed E-state index contributed by atoms with van der Waals surface area (Å²) in [6.07, 6.45) is 3.56. The Morgan fingerprint density at radius 3 is 1.36 bits per heavy atom. The molecule has 0 saturated carbocycles. The van der Waals surface area contributed by atoms with Crippen LogP contribution >= 0.6 is 23.5 Å². The number of thioether (sulfide) groups is 2. The number of piperazine rings is 1. The Bertz CT molecular complexity index is 203. The molecule has 4 nitrogen and oxygen atoms in total. The highest BCUT2D eigenvalue weighted by molar-refractivity contribution is 8.13. The number of hydrogen-bond donors (Lipinski definition) is 0. The van der Waals surface area contributed by atoms with Gasteiger partial charge in [0.1, 0.15) is 0 Å². The molecule has 0 aromatic carbocycles. The van der Waals surface area contributed by atoms with Crippen molar-refractivity contribution in [1.82, 2.24) is 9.80 Å². The van der Waals surface area contributed by atoms with E-state index in [1.807, 2.05) is 0 Å². The first-order valence-corrected chi connectivity index (χ1v) is 6.79. The van der Waals surface area contributed by atoms with Crippen LogP contribution in [0.5, 0.6) is 0 Å². The third-order valence-corrected chi connectivity index (χ3v) is 3.36. The van der Waals surface area contributed by atoms with E-state index in [0.717, 1.165) is 0 Å². The maximum atomic E-state index is 11.3. The van der Waals surface area contributed by atoms with E-state index in [2.05, 4.69) is 0 Å². The van der Waals surface area contributed by atoms with Crippen LogP contribution < -0.4 is 0 Å². The maximum absolute atomic E-state index is 11.3. The standard InChI is InChI=1S/C8H14N2O2S2/c1-13-7(11)9-3-5-10(6-4-9)8(12)14-2/h3-6H2,1-2H3. The Balaban J connectivity index is 2.38.